The number of anilines is 1. The summed E-state index contributed by atoms with van der Waals surface area (Å²) in [7, 11) is 0. The molecule has 0 radical (unpaired) electrons. The number of halogens is 1. The van der Waals surface area contributed by atoms with Crippen molar-refractivity contribution in [2.75, 3.05) is 11.9 Å². The summed E-state index contributed by atoms with van der Waals surface area (Å²) < 4.78 is 0. The number of aromatic nitrogens is 2. The minimum absolute atomic E-state index is 0.0435. The molecule has 2 atom stereocenters. The SMILES string of the molecule is CC(=O)N[C@@H]1CCC[C@@H](CNc2ncc(Cl)c(-c3cccc(-c4ccccc4)c3)n2)C1. The van der Waals surface area contributed by atoms with Crippen molar-refractivity contribution in [3.05, 3.63) is 65.8 Å². The third-order valence-electron chi connectivity index (χ3n) is 5.73. The summed E-state index contributed by atoms with van der Waals surface area (Å²) in [4.78, 5) is 20.4. The van der Waals surface area contributed by atoms with Crippen molar-refractivity contribution in [1.82, 2.24) is 15.3 Å². The number of nitrogens with zero attached hydrogens (tertiary/aromatic N) is 2. The summed E-state index contributed by atoms with van der Waals surface area (Å²) >= 11 is 6.45. The van der Waals surface area contributed by atoms with Gasteiger partial charge in [0.2, 0.25) is 11.9 Å². The van der Waals surface area contributed by atoms with Crippen LogP contribution in [0.2, 0.25) is 5.02 Å². The minimum atomic E-state index is 0.0435. The predicted molar refractivity (Wildman–Crippen MR) is 126 cm³/mol. The highest BCUT2D eigenvalue weighted by molar-refractivity contribution is 6.32. The summed E-state index contributed by atoms with van der Waals surface area (Å²) in [5, 5.41) is 6.96. The zero-order valence-corrected chi connectivity index (χ0v) is 18.4. The summed E-state index contributed by atoms with van der Waals surface area (Å²) in [5.74, 6) is 1.10. The van der Waals surface area contributed by atoms with Gasteiger partial charge >= 0.3 is 0 Å². The van der Waals surface area contributed by atoms with Crippen molar-refractivity contribution in [3.63, 3.8) is 0 Å². The van der Waals surface area contributed by atoms with Crippen LogP contribution in [0.4, 0.5) is 5.95 Å². The number of hydrogen-bond donors (Lipinski definition) is 2. The van der Waals surface area contributed by atoms with Crippen LogP contribution in [0.25, 0.3) is 22.4 Å². The van der Waals surface area contributed by atoms with E-state index in [1.54, 1.807) is 13.1 Å². The average Bonchev–Trinajstić information content (AvgIpc) is 2.79. The van der Waals surface area contributed by atoms with Crippen LogP contribution in [0.3, 0.4) is 0 Å². The highest BCUT2D eigenvalue weighted by Crippen LogP contribution is 2.30. The van der Waals surface area contributed by atoms with E-state index in [0.717, 1.165) is 54.6 Å². The first-order chi connectivity index (χ1) is 15.1. The van der Waals surface area contributed by atoms with Gasteiger partial charge in [-0.05, 0) is 42.4 Å². The van der Waals surface area contributed by atoms with Gasteiger partial charge in [0.1, 0.15) is 0 Å². The van der Waals surface area contributed by atoms with Crippen LogP contribution >= 0.6 is 11.6 Å². The molecule has 0 spiro atoms. The van der Waals surface area contributed by atoms with Gasteiger partial charge in [0.15, 0.2) is 0 Å². The monoisotopic (exact) mass is 434 g/mol. The Labute approximate surface area is 188 Å². The molecule has 160 valence electrons. The normalized spacial score (nSPS) is 18.4. The average molecular weight is 435 g/mol. The first-order valence-corrected chi connectivity index (χ1v) is 11.2. The Kier molecular flexibility index (Phi) is 6.82. The van der Waals surface area contributed by atoms with Crippen LogP contribution in [0.1, 0.15) is 32.6 Å². The number of nitrogens with one attached hydrogen (secondary N) is 2. The number of carbonyl (C=O) groups is 1. The number of carbonyl (C=O) groups excluding carboxylic acids is 1. The molecule has 1 amide bonds. The second-order valence-electron chi connectivity index (χ2n) is 8.15. The van der Waals surface area contributed by atoms with Crippen LogP contribution in [-0.4, -0.2) is 28.5 Å². The molecule has 0 bridgehead atoms. The van der Waals surface area contributed by atoms with Crippen LogP contribution < -0.4 is 10.6 Å². The Balaban J connectivity index is 1.47. The Morgan fingerprint density at radius 1 is 1.06 bits per heavy atom. The van der Waals surface area contributed by atoms with Crippen molar-refractivity contribution in [2.24, 2.45) is 5.92 Å². The maximum Gasteiger partial charge on any atom is 0.223 e. The molecule has 1 aliphatic carbocycles. The molecule has 0 unspecified atom stereocenters. The molecule has 6 heteroatoms. The Bertz CT molecular complexity index is 1040. The van der Waals surface area contributed by atoms with Gasteiger partial charge in [-0.3, -0.25) is 4.79 Å². The standard InChI is InChI=1S/C25H27ClN4O/c1-17(31)29-22-12-5-7-18(13-22)15-27-25-28-16-23(26)24(30-25)21-11-6-10-20(14-21)19-8-3-2-4-9-19/h2-4,6,8-11,14,16,18,22H,5,7,12-13,15H2,1H3,(H,29,31)(H,27,28,30)/t18-,22-/m1/s1. The zero-order valence-electron chi connectivity index (χ0n) is 17.6. The first-order valence-electron chi connectivity index (χ1n) is 10.8. The summed E-state index contributed by atoms with van der Waals surface area (Å²) in [6, 6.07) is 18.7. The molecule has 1 aliphatic rings. The molecule has 1 heterocycles. The molecular weight excluding hydrogens is 408 g/mol. The molecule has 1 fully saturated rings. The maximum absolute atomic E-state index is 11.4. The second-order valence-corrected chi connectivity index (χ2v) is 8.56. The summed E-state index contributed by atoms with van der Waals surface area (Å²) in [6.45, 7) is 2.36. The molecule has 2 N–H and O–H groups in total. The van der Waals surface area contributed by atoms with Crippen LogP contribution in [0.5, 0.6) is 0 Å². The van der Waals surface area contributed by atoms with E-state index in [4.69, 9.17) is 16.6 Å². The molecule has 4 rings (SSSR count). The van der Waals surface area contributed by atoms with E-state index in [9.17, 15) is 4.79 Å². The number of hydrogen-bond acceptors (Lipinski definition) is 4. The van der Waals surface area contributed by atoms with Gasteiger partial charge in [0.05, 0.1) is 16.9 Å². The van der Waals surface area contributed by atoms with E-state index < -0.39 is 0 Å². The van der Waals surface area contributed by atoms with Gasteiger partial charge in [-0.15, -0.1) is 0 Å². The van der Waals surface area contributed by atoms with Crippen molar-refractivity contribution >= 4 is 23.5 Å². The van der Waals surface area contributed by atoms with Gasteiger partial charge in [-0.1, -0.05) is 66.6 Å². The molecule has 0 aliphatic heterocycles. The zero-order chi connectivity index (χ0) is 21.6. The fourth-order valence-electron chi connectivity index (χ4n) is 4.26. The lowest BCUT2D eigenvalue weighted by Crippen LogP contribution is -2.38. The Morgan fingerprint density at radius 2 is 1.84 bits per heavy atom. The van der Waals surface area contributed by atoms with Gasteiger partial charge in [0.25, 0.3) is 0 Å². The lowest BCUT2D eigenvalue weighted by atomic mass is 9.85. The largest absolute Gasteiger partial charge is 0.354 e. The lowest BCUT2D eigenvalue weighted by molar-refractivity contribution is -0.119. The van der Waals surface area contributed by atoms with E-state index >= 15 is 0 Å². The van der Waals surface area contributed by atoms with Gasteiger partial charge in [0, 0.05) is 25.1 Å². The van der Waals surface area contributed by atoms with E-state index in [2.05, 4.69) is 39.9 Å². The van der Waals surface area contributed by atoms with Crippen molar-refractivity contribution in [1.29, 1.82) is 0 Å². The number of benzene rings is 2. The Hall–Kier alpha value is -2.92. The van der Waals surface area contributed by atoms with E-state index in [1.165, 1.54) is 0 Å². The third kappa shape index (κ3) is 5.61. The van der Waals surface area contributed by atoms with Crippen molar-refractivity contribution in [2.45, 2.75) is 38.6 Å². The van der Waals surface area contributed by atoms with Crippen molar-refractivity contribution in [3.8, 4) is 22.4 Å². The van der Waals surface area contributed by atoms with E-state index in [-0.39, 0.29) is 11.9 Å². The molecule has 3 aromatic rings. The second kappa shape index (κ2) is 9.92. The number of amides is 1. The topological polar surface area (TPSA) is 66.9 Å². The van der Waals surface area contributed by atoms with E-state index in [0.29, 0.717) is 16.9 Å². The molecule has 2 aromatic carbocycles. The fraction of sp³-hybridized carbons (Fsp3) is 0.320. The van der Waals surface area contributed by atoms with Gasteiger partial charge < -0.3 is 10.6 Å². The van der Waals surface area contributed by atoms with Crippen molar-refractivity contribution < 1.29 is 4.79 Å². The van der Waals surface area contributed by atoms with Crippen LogP contribution in [0.15, 0.2) is 60.8 Å². The summed E-state index contributed by atoms with van der Waals surface area (Å²) in [6.07, 6.45) is 5.95. The third-order valence-corrected chi connectivity index (χ3v) is 6.00. The van der Waals surface area contributed by atoms with Crippen LogP contribution in [-0.2, 0) is 4.79 Å². The highest BCUT2D eigenvalue weighted by atomic mass is 35.5. The molecule has 1 saturated carbocycles. The fourth-order valence-corrected chi connectivity index (χ4v) is 4.46. The lowest BCUT2D eigenvalue weighted by Gasteiger charge is -2.29. The van der Waals surface area contributed by atoms with Gasteiger partial charge in [-0.25, -0.2) is 9.97 Å². The summed E-state index contributed by atoms with van der Waals surface area (Å²) in [5.41, 5.74) is 3.95. The predicted octanol–water partition coefficient (Wildman–Crippen LogP) is 5.57. The molecular formula is C25H27ClN4O. The van der Waals surface area contributed by atoms with Crippen LogP contribution in [0, 0.1) is 5.92 Å². The van der Waals surface area contributed by atoms with E-state index in [1.807, 2.05) is 30.3 Å². The molecule has 31 heavy (non-hydrogen) atoms. The number of rotatable bonds is 6. The molecule has 5 nitrogen and oxygen atoms in total. The van der Waals surface area contributed by atoms with Gasteiger partial charge in [-0.2, -0.15) is 0 Å². The quantitative estimate of drug-likeness (QED) is 0.532. The molecule has 1 aromatic heterocycles. The highest BCUT2D eigenvalue weighted by Gasteiger charge is 2.22. The smallest absolute Gasteiger partial charge is 0.223 e. The maximum atomic E-state index is 11.4. The minimum Gasteiger partial charge on any atom is -0.354 e. The molecule has 0 saturated heterocycles. The Morgan fingerprint density at radius 3 is 2.65 bits per heavy atom. The first kappa shape index (κ1) is 21.3.